The predicted molar refractivity (Wildman–Crippen MR) is 95.2 cm³/mol. The van der Waals surface area contributed by atoms with E-state index in [0.29, 0.717) is 12.1 Å². The van der Waals surface area contributed by atoms with Crippen molar-refractivity contribution >= 4 is 27.7 Å². The monoisotopic (exact) mass is 374 g/mol. The zero-order valence-electron chi connectivity index (χ0n) is 13.5. The van der Waals surface area contributed by atoms with Crippen molar-refractivity contribution in [3.63, 3.8) is 0 Å². The second-order valence-corrected chi connectivity index (χ2v) is 7.80. The molecular formula is C15H27BrN4S. The fraction of sp³-hybridized carbons (Fsp3) is 0.800. The summed E-state index contributed by atoms with van der Waals surface area (Å²) in [6.07, 6.45) is 2.19. The van der Waals surface area contributed by atoms with Crippen molar-refractivity contribution in [3.05, 3.63) is 15.9 Å². The van der Waals surface area contributed by atoms with Crippen LogP contribution in [-0.2, 0) is 13.5 Å². The van der Waals surface area contributed by atoms with Crippen LogP contribution in [0, 0.1) is 6.92 Å². The van der Waals surface area contributed by atoms with E-state index in [4.69, 9.17) is 0 Å². The molecule has 1 aromatic heterocycles. The second kappa shape index (κ2) is 7.99. The van der Waals surface area contributed by atoms with Crippen molar-refractivity contribution in [1.29, 1.82) is 0 Å². The van der Waals surface area contributed by atoms with Gasteiger partial charge >= 0.3 is 0 Å². The summed E-state index contributed by atoms with van der Waals surface area (Å²) < 4.78 is 3.19. The minimum atomic E-state index is 0.480. The highest BCUT2D eigenvalue weighted by Gasteiger charge is 2.29. The third kappa shape index (κ3) is 4.24. The molecule has 1 aromatic rings. The number of halogens is 1. The molecule has 1 saturated heterocycles. The molecule has 1 aliphatic rings. The summed E-state index contributed by atoms with van der Waals surface area (Å²) in [6.45, 7) is 6.55. The molecule has 21 heavy (non-hydrogen) atoms. The van der Waals surface area contributed by atoms with E-state index in [1.807, 2.05) is 11.7 Å². The van der Waals surface area contributed by atoms with Gasteiger partial charge < -0.3 is 10.2 Å². The maximum Gasteiger partial charge on any atom is 0.0738 e. The van der Waals surface area contributed by atoms with Crippen LogP contribution in [0.5, 0.6) is 0 Å². The molecule has 1 N–H and O–H groups in total. The number of hydrogen-bond acceptors (Lipinski definition) is 4. The van der Waals surface area contributed by atoms with Crippen LogP contribution >= 0.6 is 27.7 Å². The van der Waals surface area contributed by atoms with Crippen LogP contribution in [-0.4, -0.2) is 58.4 Å². The van der Waals surface area contributed by atoms with E-state index in [1.54, 1.807) is 0 Å². The van der Waals surface area contributed by atoms with Gasteiger partial charge in [-0.25, -0.2) is 0 Å². The Bertz CT molecular complexity index is 463. The molecule has 2 rings (SSSR count). The van der Waals surface area contributed by atoms with Crippen molar-refractivity contribution in [1.82, 2.24) is 20.0 Å². The minimum Gasteiger partial charge on any atom is -0.312 e. The van der Waals surface area contributed by atoms with Crippen molar-refractivity contribution in [2.24, 2.45) is 7.05 Å². The second-order valence-electron chi connectivity index (χ2n) is 5.86. The van der Waals surface area contributed by atoms with Gasteiger partial charge in [-0.05, 0) is 42.9 Å². The highest BCUT2D eigenvalue weighted by Crippen LogP contribution is 2.25. The van der Waals surface area contributed by atoms with Crippen LogP contribution in [0.25, 0.3) is 0 Å². The van der Waals surface area contributed by atoms with Crippen LogP contribution in [0.3, 0.4) is 0 Å². The summed E-state index contributed by atoms with van der Waals surface area (Å²) in [6, 6.07) is 1.08. The zero-order chi connectivity index (χ0) is 15.4. The first-order valence-corrected chi connectivity index (χ1v) is 9.68. The van der Waals surface area contributed by atoms with Crippen LogP contribution in [0.1, 0.15) is 24.7 Å². The van der Waals surface area contributed by atoms with Gasteiger partial charge in [0.15, 0.2) is 0 Å². The lowest BCUT2D eigenvalue weighted by molar-refractivity contribution is 0.212. The first kappa shape index (κ1) is 17.3. The number of rotatable bonds is 6. The molecule has 2 atom stereocenters. The summed E-state index contributed by atoms with van der Waals surface area (Å²) in [5, 5.41) is 8.30. The van der Waals surface area contributed by atoms with Crippen LogP contribution in [0.2, 0.25) is 0 Å². The molecule has 0 saturated carbocycles. The number of hydrogen-bond donors (Lipinski definition) is 1. The smallest absolute Gasteiger partial charge is 0.0738 e. The SMILES string of the molecule is CCCNC(Cc1c(Br)c(C)nn1C)C1CSCCN1C. The molecule has 0 radical (unpaired) electrons. The highest BCUT2D eigenvalue weighted by molar-refractivity contribution is 9.10. The maximum absolute atomic E-state index is 4.53. The molecule has 0 bridgehead atoms. The van der Waals surface area contributed by atoms with E-state index in [9.17, 15) is 0 Å². The van der Waals surface area contributed by atoms with E-state index < -0.39 is 0 Å². The summed E-state index contributed by atoms with van der Waals surface area (Å²) >= 11 is 5.78. The highest BCUT2D eigenvalue weighted by atomic mass is 79.9. The fourth-order valence-electron chi connectivity index (χ4n) is 2.91. The molecule has 1 fully saturated rings. The summed E-state index contributed by atoms with van der Waals surface area (Å²) in [4.78, 5) is 2.51. The predicted octanol–water partition coefficient (Wildman–Crippen LogP) is 2.45. The first-order valence-electron chi connectivity index (χ1n) is 7.74. The Morgan fingerprint density at radius 1 is 1.48 bits per heavy atom. The fourth-order valence-corrected chi connectivity index (χ4v) is 4.72. The van der Waals surface area contributed by atoms with Crippen molar-refractivity contribution in [3.8, 4) is 0 Å². The van der Waals surface area contributed by atoms with Gasteiger partial charge in [0.1, 0.15) is 0 Å². The molecule has 0 aromatic carbocycles. The Labute approximate surface area is 141 Å². The maximum atomic E-state index is 4.53. The van der Waals surface area contributed by atoms with E-state index in [2.05, 4.69) is 63.9 Å². The van der Waals surface area contributed by atoms with E-state index in [0.717, 1.165) is 18.7 Å². The van der Waals surface area contributed by atoms with Gasteiger partial charge in [-0.1, -0.05) is 6.92 Å². The van der Waals surface area contributed by atoms with E-state index >= 15 is 0 Å². The first-order chi connectivity index (χ1) is 10.0. The summed E-state index contributed by atoms with van der Waals surface area (Å²) in [5.41, 5.74) is 2.37. The Morgan fingerprint density at radius 3 is 2.81 bits per heavy atom. The topological polar surface area (TPSA) is 33.1 Å². The lowest BCUT2D eigenvalue weighted by Crippen LogP contribution is -2.54. The normalized spacial score (nSPS) is 21.7. The Morgan fingerprint density at radius 2 is 2.24 bits per heavy atom. The number of likely N-dealkylation sites (N-methyl/N-ethyl adjacent to an activating group) is 1. The number of thioether (sulfide) groups is 1. The van der Waals surface area contributed by atoms with E-state index in [-0.39, 0.29) is 0 Å². The number of nitrogens with zero attached hydrogens (tertiary/aromatic N) is 3. The molecule has 2 heterocycles. The van der Waals surface area contributed by atoms with Gasteiger partial charge in [-0.15, -0.1) is 0 Å². The molecule has 1 aliphatic heterocycles. The molecular weight excluding hydrogens is 348 g/mol. The number of aromatic nitrogens is 2. The number of aryl methyl sites for hydroxylation is 2. The van der Waals surface area contributed by atoms with E-state index in [1.165, 1.54) is 34.6 Å². The largest absolute Gasteiger partial charge is 0.312 e. The van der Waals surface area contributed by atoms with Gasteiger partial charge in [0.2, 0.25) is 0 Å². The molecule has 0 spiro atoms. The number of nitrogens with one attached hydrogen (secondary N) is 1. The quantitative estimate of drug-likeness (QED) is 0.828. The van der Waals surface area contributed by atoms with Crippen LogP contribution < -0.4 is 5.32 Å². The van der Waals surface area contributed by atoms with Gasteiger partial charge in [-0.3, -0.25) is 4.68 Å². The van der Waals surface area contributed by atoms with Crippen molar-refractivity contribution in [2.75, 3.05) is 31.6 Å². The lowest BCUT2D eigenvalue weighted by Gasteiger charge is -2.38. The Hall–Kier alpha value is -0.0400. The van der Waals surface area contributed by atoms with Gasteiger partial charge in [-0.2, -0.15) is 16.9 Å². The van der Waals surface area contributed by atoms with Crippen LogP contribution in [0.4, 0.5) is 0 Å². The Kier molecular flexibility index (Phi) is 6.59. The lowest BCUT2D eigenvalue weighted by atomic mass is 10.0. The zero-order valence-corrected chi connectivity index (χ0v) is 15.9. The third-order valence-corrected chi connectivity index (χ3v) is 6.32. The molecule has 4 nitrogen and oxygen atoms in total. The molecule has 0 aliphatic carbocycles. The molecule has 6 heteroatoms. The standard InChI is InChI=1S/C15H27BrN4S/c1-5-6-17-12(14-10-21-8-7-19(14)3)9-13-15(16)11(2)18-20(13)4/h12,14,17H,5-10H2,1-4H3. The van der Waals surface area contributed by atoms with Gasteiger partial charge in [0.25, 0.3) is 0 Å². The van der Waals surface area contributed by atoms with Crippen LogP contribution in [0.15, 0.2) is 4.47 Å². The van der Waals surface area contributed by atoms with Crippen molar-refractivity contribution in [2.45, 2.75) is 38.8 Å². The third-order valence-electron chi connectivity index (χ3n) is 4.24. The average Bonchev–Trinajstić information content (AvgIpc) is 2.70. The Balaban J connectivity index is 2.15. The molecule has 2 unspecified atom stereocenters. The minimum absolute atomic E-state index is 0.480. The molecule has 0 amide bonds. The molecule has 120 valence electrons. The van der Waals surface area contributed by atoms with Gasteiger partial charge in [0.05, 0.1) is 15.9 Å². The van der Waals surface area contributed by atoms with Gasteiger partial charge in [0, 0.05) is 43.6 Å². The summed E-state index contributed by atoms with van der Waals surface area (Å²) in [7, 11) is 4.30. The van der Waals surface area contributed by atoms with Crippen molar-refractivity contribution < 1.29 is 0 Å². The average molecular weight is 375 g/mol. The summed E-state index contributed by atoms with van der Waals surface area (Å²) in [5.74, 6) is 2.47.